The van der Waals surface area contributed by atoms with Crippen molar-refractivity contribution in [1.29, 1.82) is 0 Å². The molecule has 3 heterocycles. The maximum absolute atomic E-state index is 12.9. The van der Waals surface area contributed by atoms with Crippen molar-refractivity contribution in [3.8, 4) is 11.5 Å². The number of phenols is 2. The normalized spacial score (nSPS) is 18.9. The zero-order valence-corrected chi connectivity index (χ0v) is 21.7. The molecule has 2 amide bonds. The maximum atomic E-state index is 12.9. The smallest absolute Gasteiger partial charge is 0.352 e. The summed E-state index contributed by atoms with van der Waals surface area (Å²) in [7, 11) is 1.24. The number of aliphatic carboxylic acids is 1. The second-order valence-corrected chi connectivity index (χ2v) is 9.93. The molecule has 0 saturated carbocycles. The summed E-state index contributed by atoms with van der Waals surface area (Å²) in [5, 5.41) is 35.9. The van der Waals surface area contributed by atoms with Crippen molar-refractivity contribution in [3.63, 3.8) is 0 Å². The lowest BCUT2D eigenvalue weighted by Gasteiger charge is -2.49. The molecule has 2 unspecified atom stereocenters. The van der Waals surface area contributed by atoms with Crippen LogP contribution in [0.3, 0.4) is 0 Å². The van der Waals surface area contributed by atoms with Crippen molar-refractivity contribution in [2.75, 3.05) is 25.2 Å². The van der Waals surface area contributed by atoms with E-state index in [1.54, 1.807) is 0 Å². The van der Waals surface area contributed by atoms with Gasteiger partial charge in [0, 0.05) is 11.1 Å². The molecule has 1 saturated heterocycles. The van der Waals surface area contributed by atoms with E-state index in [-0.39, 0.29) is 45.9 Å². The maximum Gasteiger partial charge on any atom is 0.352 e. The molecular weight excluding hydrogens is 554 g/mol. The first-order chi connectivity index (χ1) is 18.6. The van der Waals surface area contributed by atoms with E-state index in [1.807, 2.05) is 0 Å². The number of thioether (sulfide) groups is 1. The predicted molar refractivity (Wildman–Crippen MR) is 139 cm³/mol. The summed E-state index contributed by atoms with van der Waals surface area (Å²) in [6.45, 7) is -0.222. The molecule has 2 atom stereocenters. The van der Waals surface area contributed by atoms with Crippen LogP contribution in [0.1, 0.15) is 16.1 Å². The van der Waals surface area contributed by atoms with E-state index >= 15 is 0 Å². The number of aromatic nitrogens is 1. The highest BCUT2D eigenvalue weighted by Gasteiger charge is 2.54. The molecule has 2 aromatic rings. The van der Waals surface area contributed by atoms with Crippen LogP contribution in [0, 0.1) is 0 Å². The lowest BCUT2D eigenvalue weighted by atomic mass is 10.0. The van der Waals surface area contributed by atoms with Crippen molar-refractivity contribution in [2.24, 2.45) is 5.16 Å². The SMILES string of the molecule is CO/N=C(\C(=O)NC1C(=O)N2C(C(=O)O)=C(/C=C/COC(=O)c3ccc(O)c(O)c3)CSC12)c1csc(N)n1. The monoisotopic (exact) mass is 575 g/mol. The molecule has 1 aromatic carbocycles. The van der Waals surface area contributed by atoms with E-state index in [0.29, 0.717) is 5.57 Å². The second kappa shape index (κ2) is 11.4. The van der Waals surface area contributed by atoms with E-state index in [0.717, 1.165) is 28.4 Å². The number of hydrogen-bond acceptors (Lipinski definition) is 13. The van der Waals surface area contributed by atoms with Gasteiger partial charge < -0.3 is 35.9 Å². The summed E-state index contributed by atoms with van der Waals surface area (Å²) in [6, 6.07) is 2.45. The molecule has 0 spiro atoms. The van der Waals surface area contributed by atoms with Gasteiger partial charge in [0.25, 0.3) is 11.8 Å². The van der Waals surface area contributed by atoms with Gasteiger partial charge in [-0.15, -0.1) is 23.1 Å². The Balaban J connectivity index is 1.42. The van der Waals surface area contributed by atoms with Crippen LogP contribution in [-0.4, -0.2) is 85.6 Å². The number of benzene rings is 1. The van der Waals surface area contributed by atoms with Gasteiger partial charge >= 0.3 is 11.9 Å². The number of oxime groups is 1. The lowest BCUT2D eigenvalue weighted by Crippen LogP contribution is -2.71. The van der Waals surface area contributed by atoms with E-state index in [2.05, 4.69) is 15.5 Å². The standard InChI is InChI=1S/C23H21N5O9S2/c1-36-27-15(12-9-39-23(24)25-12)18(31)26-16-19(32)28-17(21(33)34)11(8-38-20(16)28)3-2-6-37-22(35)10-4-5-13(29)14(30)7-10/h2-5,7,9,16,20,29-30H,6,8H2,1H3,(H2,24,25)(H,26,31)(H,33,34)/b3-2+,27-15-. The number of carboxylic acid groups (broad SMARTS) is 1. The van der Waals surface area contributed by atoms with Gasteiger partial charge in [0.15, 0.2) is 22.3 Å². The van der Waals surface area contributed by atoms with Crippen molar-refractivity contribution in [2.45, 2.75) is 11.4 Å². The summed E-state index contributed by atoms with van der Waals surface area (Å²) in [5.41, 5.74) is 5.66. The largest absolute Gasteiger partial charge is 0.504 e. The average molecular weight is 576 g/mol. The Bertz CT molecular complexity index is 1430. The van der Waals surface area contributed by atoms with Crippen LogP contribution in [0.25, 0.3) is 0 Å². The number of thiazole rings is 1. The molecule has 1 aromatic heterocycles. The first-order valence-electron chi connectivity index (χ1n) is 11.0. The zero-order chi connectivity index (χ0) is 28.3. The van der Waals surface area contributed by atoms with Gasteiger partial charge in [-0.2, -0.15) is 0 Å². The van der Waals surface area contributed by atoms with Crippen molar-refractivity contribution >= 4 is 57.7 Å². The van der Waals surface area contributed by atoms with Crippen molar-refractivity contribution < 1.29 is 44.1 Å². The van der Waals surface area contributed by atoms with Crippen LogP contribution >= 0.6 is 23.1 Å². The van der Waals surface area contributed by atoms with E-state index in [1.165, 1.54) is 42.5 Å². The Morgan fingerprint density at radius 1 is 1.31 bits per heavy atom. The van der Waals surface area contributed by atoms with Gasteiger partial charge in [0.1, 0.15) is 36.5 Å². The van der Waals surface area contributed by atoms with Crippen LogP contribution in [-0.2, 0) is 24.0 Å². The highest BCUT2D eigenvalue weighted by molar-refractivity contribution is 8.00. The van der Waals surface area contributed by atoms with E-state index < -0.39 is 40.9 Å². The highest BCUT2D eigenvalue weighted by Crippen LogP contribution is 2.40. The molecule has 1 fully saturated rings. The van der Waals surface area contributed by atoms with Gasteiger partial charge in [-0.1, -0.05) is 11.2 Å². The van der Waals surface area contributed by atoms with E-state index in [9.17, 15) is 34.5 Å². The number of ether oxygens (including phenoxy) is 1. The number of hydrogen-bond donors (Lipinski definition) is 5. The quantitative estimate of drug-likeness (QED) is 0.0916. The van der Waals surface area contributed by atoms with Crippen molar-refractivity contribution in [1.82, 2.24) is 15.2 Å². The molecule has 0 radical (unpaired) electrons. The number of carbonyl (C=O) groups excluding carboxylic acids is 3. The van der Waals surface area contributed by atoms with Crippen LogP contribution in [0.15, 0.2) is 52.2 Å². The molecule has 2 aliphatic heterocycles. The number of nitrogens with zero attached hydrogens (tertiary/aromatic N) is 3. The Morgan fingerprint density at radius 2 is 2.08 bits per heavy atom. The Kier molecular flexibility index (Phi) is 8.06. The summed E-state index contributed by atoms with van der Waals surface area (Å²) in [4.78, 5) is 59.7. The number of fused-ring (bicyclic) bond motifs is 1. The molecule has 0 aliphatic carbocycles. The lowest BCUT2D eigenvalue weighted by molar-refractivity contribution is -0.150. The summed E-state index contributed by atoms with van der Waals surface area (Å²) >= 11 is 2.33. The third kappa shape index (κ3) is 5.65. The van der Waals surface area contributed by atoms with Gasteiger partial charge in [-0.05, 0) is 29.8 Å². The van der Waals surface area contributed by atoms with Crippen LogP contribution in [0.5, 0.6) is 11.5 Å². The molecule has 39 heavy (non-hydrogen) atoms. The Hall–Kier alpha value is -4.57. The minimum Gasteiger partial charge on any atom is -0.504 e. The van der Waals surface area contributed by atoms with Crippen LogP contribution in [0.2, 0.25) is 0 Å². The van der Waals surface area contributed by atoms with Gasteiger partial charge in [0.2, 0.25) is 0 Å². The number of carbonyl (C=O) groups is 4. The van der Waals surface area contributed by atoms with Gasteiger partial charge in [-0.25, -0.2) is 14.6 Å². The molecular formula is C23H21N5O9S2. The number of nitrogen functional groups attached to an aromatic ring is 1. The molecule has 204 valence electrons. The molecule has 6 N–H and O–H groups in total. The van der Waals surface area contributed by atoms with Crippen molar-refractivity contribution in [3.05, 3.63) is 58.3 Å². The van der Waals surface area contributed by atoms with Crippen LogP contribution < -0.4 is 11.1 Å². The van der Waals surface area contributed by atoms with Gasteiger partial charge in [-0.3, -0.25) is 14.5 Å². The first-order valence-corrected chi connectivity index (χ1v) is 12.9. The summed E-state index contributed by atoms with van der Waals surface area (Å²) in [5.74, 6) is -4.15. The Morgan fingerprint density at radius 3 is 2.72 bits per heavy atom. The third-order valence-electron chi connectivity index (χ3n) is 5.49. The minimum absolute atomic E-state index is 0.0106. The highest BCUT2D eigenvalue weighted by atomic mass is 32.2. The molecule has 14 nitrogen and oxygen atoms in total. The number of allylic oxidation sites excluding steroid dienone is 1. The third-order valence-corrected chi connectivity index (χ3v) is 7.47. The Labute approximate surface area is 228 Å². The fourth-order valence-corrected chi connectivity index (χ4v) is 5.59. The average Bonchev–Trinajstić information content (AvgIpc) is 3.34. The number of rotatable bonds is 9. The van der Waals surface area contributed by atoms with Crippen LogP contribution in [0.4, 0.5) is 5.13 Å². The number of anilines is 1. The fourth-order valence-electron chi connectivity index (χ4n) is 3.72. The number of phenolic OH excluding ortho intramolecular Hbond substituents is 2. The molecule has 0 bridgehead atoms. The summed E-state index contributed by atoms with van der Waals surface area (Å²) < 4.78 is 5.08. The minimum atomic E-state index is -1.34. The number of aromatic hydroxyl groups is 2. The topological polar surface area (TPSA) is 214 Å². The number of carboxylic acids is 1. The zero-order valence-electron chi connectivity index (χ0n) is 20.1. The second-order valence-electron chi connectivity index (χ2n) is 7.94. The number of amides is 2. The molecule has 2 aliphatic rings. The first kappa shape index (κ1) is 27.5. The molecule has 4 rings (SSSR count). The predicted octanol–water partition coefficient (Wildman–Crippen LogP) is 0.639. The number of esters is 1. The number of nitrogens with one attached hydrogen (secondary N) is 1. The molecule has 16 heteroatoms. The van der Waals surface area contributed by atoms with Gasteiger partial charge in [0.05, 0.1) is 5.56 Å². The summed E-state index contributed by atoms with van der Waals surface area (Å²) in [6.07, 6.45) is 2.84. The van der Waals surface area contributed by atoms with E-state index in [4.69, 9.17) is 15.3 Å². The number of β-lactam (4-membered cyclic amide) rings is 1. The number of nitrogens with two attached hydrogens (primary N) is 1. The fraction of sp³-hybridized carbons (Fsp3) is 0.217.